The van der Waals surface area contributed by atoms with Gasteiger partial charge >= 0.3 is 12.1 Å². The van der Waals surface area contributed by atoms with Gasteiger partial charge in [-0.2, -0.15) is 13.2 Å². The second kappa shape index (κ2) is 8.31. The molecule has 1 amide bonds. The van der Waals surface area contributed by atoms with Gasteiger partial charge in [-0.25, -0.2) is 0 Å². The molecule has 1 unspecified atom stereocenters. The molecule has 0 aliphatic rings. The molecule has 9 heteroatoms. The van der Waals surface area contributed by atoms with Crippen LogP contribution in [0.25, 0.3) is 0 Å². The van der Waals surface area contributed by atoms with E-state index in [-0.39, 0.29) is 12.0 Å². The number of halogens is 4. The number of rotatable bonds is 5. The highest BCUT2D eigenvalue weighted by Gasteiger charge is 2.32. The molecule has 0 aliphatic heterocycles. The largest absolute Gasteiger partial charge is 0.469 e. The molecule has 1 N–H and O–H groups in total. The quantitative estimate of drug-likeness (QED) is 0.730. The third-order valence-corrected chi connectivity index (χ3v) is 4.02. The van der Waals surface area contributed by atoms with Crippen LogP contribution < -0.4 is 5.32 Å². The van der Waals surface area contributed by atoms with Gasteiger partial charge in [0.05, 0.1) is 25.1 Å². The number of methoxy groups -OCH3 is 1. The summed E-state index contributed by atoms with van der Waals surface area (Å²) in [6.07, 6.45) is -3.87. The summed E-state index contributed by atoms with van der Waals surface area (Å²) in [5, 5.41) is 2.62. The Bertz CT molecular complexity index is 777. The SMILES string of the molecule is COC(=O)CC(NC(=O)c1ccc(C(F)(F)F)nc1)c1ccc(Br)cc1. The van der Waals surface area contributed by atoms with E-state index < -0.39 is 29.8 Å². The minimum Gasteiger partial charge on any atom is -0.469 e. The van der Waals surface area contributed by atoms with Gasteiger partial charge in [-0.1, -0.05) is 28.1 Å². The number of benzene rings is 1. The van der Waals surface area contributed by atoms with Crippen LogP contribution in [-0.4, -0.2) is 24.0 Å². The fourth-order valence-corrected chi connectivity index (χ4v) is 2.40. The highest BCUT2D eigenvalue weighted by molar-refractivity contribution is 9.10. The second-order valence-corrected chi connectivity index (χ2v) is 6.20. The number of ether oxygens (including phenoxy) is 1. The molecule has 0 radical (unpaired) electrons. The van der Waals surface area contributed by atoms with Crippen LogP contribution >= 0.6 is 15.9 Å². The van der Waals surface area contributed by atoms with Crippen molar-refractivity contribution in [2.45, 2.75) is 18.6 Å². The average Bonchev–Trinajstić information content (AvgIpc) is 2.61. The van der Waals surface area contributed by atoms with Crippen molar-refractivity contribution in [3.8, 4) is 0 Å². The zero-order valence-corrected chi connectivity index (χ0v) is 15.1. The summed E-state index contributed by atoms with van der Waals surface area (Å²) in [7, 11) is 1.22. The predicted molar refractivity (Wildman–Crippen MR) is 90.2 cm³/mol. The monoisotopic (exact) mass is 430 g/mol. The Hall–Kier alpha value is -2.42. The van der Waals surface area contributed by atoms with Crippen LogP contribution in [0.1, 0.15) is 34.1 Å². The smallest absolute Gasteiger partial charge is 0.433 e. The van der Waals surface area contributed by atoms with Crippen LogP contribution in [0.4, 0.5) is 13.2 Å². The van der Waals surface area contributed by atoms with E-state index in [1.54, 1.807) is 24.3 Å². The molecule has 138 valence electrons. The van der Waals surface area contributed by atoms with Gasteiger partial charge in [-0.3, -0.25) is 14.6 Å². The highest BCUT2D eigenvalue weighted by atomic mass is 79.9. The van der Waals surface area contributed by atoms with Crippen LogP contribution in [-0.2, 0) is 15.7 Å². The van der Waals surface area contributed by atoms with E-state index in [2.05, 4.69) is 31.0 Å². The van der Waals surface area contributed by atoms with Crippen LogP contribution in [0, 0.1) is 0 Å². The Morgan fingerprint density at radius 1 is 1.19 bits per heavy atom. The molecule has 0 spiro atoms. The molecule has 0 fully saturated rings. The van der Waals surface area contributed by atoms with Crippen LogP contribution in [0.2, 0.25) is 0 Å². The van der Waals surface area contributed by atoms with Gasteiger partial charge in [0.2, 0.25) is 0 Å². The molecule has 1 heterocycles. The molecule has 0 bridgehead atoms. The number of pyridine rings is 1. The first-order chi connectivity index (χ1) is 12.2. The molecular formula is C17H14BrF3N2O3. The number of alkyl halides is 3. The van der Waals surface area contributed by atoms with Gasteiger partial charge < -0.3 is 10.1 Å². The van der Waals surface area contributed by atoms with E-state index >= 15 is 0 Å². The summed E-state index contributed by atoms with van der Waals surface area (Å²) in [6.45, 7) is 0. The van der Waals surface area contributed by atoms with Crippen LogP contribution in [0.15, 0.2) is 47.1 Å². The summed E-state index contributed by atoms with van der Waals surface area (Å²) >= 11 is 3.29. The van der Waals surface area contributed by atoms with Gasteiger partial charge in [-0.05, 0) is 29.8 Å². The third kappa shape index (κ3) is 5.29. The van der Waals surface area contributed by atoms with Gasteiger partial charge in [-0.15, -0.1) is 0 Å². The first kappa shape index (κ1) is 19.9. The molecule has 2 rings (SSSR count). The van der Waals surface area contributed by atoms with Crippen molar-refractivity contribution >= 4 is 27.8 Å². The molecule has 5 nitrogen and oxygen atoms in total. The number of hydrogen-bond acceptors (Lipinski definition) is 4. The number of carbonyl (C=O) groups is 2. The molecule has 1 aromatic heterocycles. The van der Waals surface area contributed by atoms with E-state index in [9.17, 15) is 22.8 Å². The number of aromatic nitrogens is 1. The zero-order chi connectivity index (χ0) is 19.3. The fourth-order valence-electron chi connectivity index (χ4n) is 2.13. The fraction of sp³-hybridized carbons (Fsp3) is 0.235. The zero-order valence-electron chi connectivity index (χ0n) is 13.5. The molecule has 0 saturated carbocycles. The van der Waals surface area contributed by atoms with Crippen molar-refractivity contribution in [2.24, 2.45) is 0 Å². The summed E-state index contributed by atoms with van der Waals surface area (Å²) in [5.41, 5.74) is -0.495. The molecule has 1 aromatic carbocycles. The summed E-state index contributed by atoms with van der Waals surface area (Å²) < 4.78 is 43.1. The summed E-state index contributed by atoms with van der Waals surface area (Å²) in [5.74, 6) is -1.19. The van der Waals surface area contributed by atoms with E-state index in [0.717, 1.165) is 22.8 Å². The van der Waals surface area contributed by atoms with E-state index in [0.29, 0.717) is 5.56 Å². The maximum atomic E-state index is 12.5. The second-order valence-electron chi connectivity index (χ2n) is 5.29. The van der Waals surface area contributed by atoms with E-state index in [1.807, 2.05) is 0 Å². The molecule has 26 heavy (non-hydrogen) atoms. The van der Waals surface area contributed by atoms with Crippen molar-refractivity contribution in [3.63, 3.8) is 0 Å². The maximum absolute atomic E-state index is 12.5. The van der Waals surface area contributed by atoms with Crippen LogP contribution in [0.3, 0.4) is 0 Å². The maximum Gasteiger partial charge on any atom is 0.433 e. The van der Waals surface area contributed by atoms with Crippen LogP contribution in [0.5, 0.6) is 0 Å². The lowest BCUT2D eigenvalue weighted by atomic mass is 10.0. The summed E-state index contributed by atoms with van der Waals surface area (Å²) in [4.78, 5) is 27.2. The van der Waals surface area contributed by atoms with Gasteiger partial charge in [0.25, 0.3) is 5.91 Å². The summed E-state index contributed by atoms with van der Waals surface area (Å²) in [6, 6.07) is 7.96. The number of nitrogens with zero attached hydrogens (tertiary/aromatic N) is 1. The van der Waals surface area contributed by atoms with Crippen molar-refractivity contribution < 1.29 is 27.5 Å². The number of hydrogen-bond donors (Lipinski definition) is 1. The van der Waals surface area contributed by atoms with E-state index in [1.165, 1.54) is 7.11 Å². The van der Waals surface area contributed by atoms with Crippen molar-refractivity contribution in [2.75, 3.05) is 7.11 Å². The average molecular weight is 431 g/mol. The van der Waals surface area contributed by atoms with Gasteiger partial charge in [0.15, 0.2) is 0 Å². The number of nitrogens with one attached hydrogen (secondary N) is 1. The third-order valence-electron chi connectivity index (χ3n) is 3.49. The standard InChI is InChI=1S/C17H14BrF3N2O3/c1-26-15(24)8-13(10-2-5-12(18)6-3-10)23-16(25)11-4-7-14(22-9-11)17(19,20)21/h2-7,9,13H,8H2,1H3,(H,23,25). The number of esters is 1. The minimum absolute atomic E-state index is 0.0509. The van der Waals surface area contributed by atoms with Crippen molar-refractivity contribution in [3.05, 3.63) is 63.9 Å². The Morgan fingerprint density at radius 3 is 2.35 bits per heavy atom. The molecule has 1 atom stereocenters. The number of amides is 1. The highest BCUT2D eigenvalue weighted by Crippen LogP contribution is 2.27. The lowest BCUT2D eigenvalue weighted by Gasteiger charge is -2.18. The minimum atomic E-state index is -4.58. The molecule has 0 aliphatic carbocycles. The van der Waals surface area contributed by atoms with Gasteiger partial charge in [0, 0.05) is 10.7 Å². The van der Waals surface area contributed by atoms with Gasteiger partial charge in [0.1, 0.15) is 5.69 Å². The van der Waals surface area contributed by atoms with Crippen molar-refractivity contribution in [1.29, 1.82) is 0 Å². The Morgan fingerprint density at radius 2 is 1.85 bits per heavy atom. The number of carbonyl (C=O) groups excluding carboxylic acids is 2. The normalized spacial score (nSPS) is 12.3. The Balaban J connectivity index is 2.20. The lowest BCUT2D eigenvalue weighted by molar-refractivity contribution is -0.142. The molecule has 2 aromatic rings. The first-order valence-electron chi connectivity index (χ1n) is 7.37. The predicted octanol–water partition coefficient (Wildman–Crippen LogP) is 3.90. The van der Waals surface area contributed by atoms with E-state index in [4.69, 9.17) is 0 Å². The van der Waals surface area contributed by atoms with Crippen molar-refractivity contribution in [1.82, 2.24) is 10.3 Å². The molecular weight excluding hydrogens is 417 g/mol. The first-order valence-corrected chi connectivity index (χ1v) is 8.16. The topological polar surface area (TPSA) is 68.3 Å². The Labute approximate surface area is 155 Å². The molecule has 0 saturated heterocycles. The Kier molecular flexibility index (Phi) is 6.36. The lowest BCUT2D eigenvalue weighted by Crippen LogP contribution is -2.30.